The van der Waals surface area contributed by atoms with E-state index in [1.54, 1.807) is 0 Å². The van der Waals surface area contributed by atoms with Crippen LogP contribution in [0.15, 0.2) is 35.3 Å². The number of piperidine rings is 1. The van der Waals surface area contributed by atoms with Gasteiger partial charge in [-0.3, -0.25) is 4.99 Å². The molecule has 1 unspecified atom stereocenters. The SMILES string of the molecule is CN=C(NCCCCN(C)c1ccccc1)N1CCCC(C)C1.I. The average Bonchev–Trinajstić information content (AvgIpc) is 2.58. The van der Waals surface area contributed by atoms with E-state index in [0.29, 0.717) is 0 Å². The molecule has 24 heavy (non-hydrogen) atoms. The first-order valence-electron chi connectivity index (χ1n) is 8.92. The number of nitrogens with zero attached hydrogens (tertiary/aromatic N) is 3. The van der Waals surface area contributed by atoms with Gasteiger partial charge in [-0.05, 0) is 43.7 Å². The summed E-state index contributed by atoms with van der Waals surface area (Å²) in [6.07, 6.45) is 4.98. The van der Waals surface area contributed by atoms with E-state index >= 15 is 0 Å². The number of rotatable bonds is 6. The van der Waals surface area contributed by atoms with Crippen LogP contribution >= 0.6 is 24.0 Å². The van der Waals surface area contributed by atoms with Gasteiger partial charge in [0.2, 0.25) is 0 Å². The molecule has 1 aliphatic heterocycles. The van der Waals surface area contributed by atoms with Crippen molar-refractivity contribution in [2.75, 3.05) is 45.2 Å². The summed E-state index contributed by atoms with van der Waals surface area (Å²) in [4.78, 5) is 9.18. The molecule has 0 aromatic heterocycles. The van der Waals surface area contributed by atoms with Crippen LogP contribution in [0.2, 0.25) is 0 Å². The van der Waals surface area contributed by atoms with Crippen molar-refractivity contribution in [2.24, 2.45) is 10.9 Å². The minimum atomic E-state index is 0. The Balaban J connectivity index is 0.00000288. The van der Waals surface area contributed by atoms with Crippen molar-refractivity contribution >= 4 is 35.6 Å². The number of guanidine groups is 1. The van der Waals surface area contributed by atoms with Gasteiger partial charge in [-0.2, -0.15) is 0 Å². The third-order valence-corrected chi connectivity index (χ3v) is 4.57. The first kappa shape index (κ1) is 21.1. The van der Waals surface area contributed by atoms with Crippen LogP contribution in [0.5, 0.6) is 0 Å². The monoisotopic (exact) mass is 444 g/mol. The van der Waals surface area contributed by atoms with Crippen LogP contribution in [0.3, 0.4) is 0 Å². The maximum Gasteiger partial charge on any atom is 0.193 e. The van der Waals surface area contributed by atoms with Crippen molar-refractivity contribution in [3.63, 3.8) is 0 Å². The molecule has 0 spiro atoms. The lowest BCUT2D eigenvalue weighted by molar-refractivity contribution is 0.266. The summed E-state index contributed by atoms with van der Waals surface area (Å²) in [6.45, 7) is 6.70. The number of aliphatic imine (C=N–C) groups is 1. The van der Waals surface area contributed by atoms with Crippen molar-refractivity contribution in [3.8, 4) is 0 Å². The molecule has 1 aromatic rings. The highest BCUT2D eigenvalue weighted by Gasteiger charge is 2.18. The highest BCUT2D eigenvalue weighted by Crippen LogP contribution is 2.15. The summed E-state index contributed by atoms with van der Waals surface area (Å²) in [5.74, 6) is 1.86. The second-order valence-electron chi connectivity index (χ2n) is 6.63. The zero-order valence-corrected chi connectivity index (χ0v) is 17.7. The lowest BCUT2D eigenvalue weighted by atomic mass is 10.0. The fourth-order valence-electron chi connectivity index (χ4n) is 3.20. The molecule has 0 amide bonds. The van der Waals surface area contributed by atoms with E-state index < -0.39 is 0 Å². The number of likely N-dealkylation sites (tertiary alicyclic amines) is 1. The van der Waals surface area contributed by atoms with Gasteiger partial charge >= 0.3 is 0 Å². The molecule has 0 radical (unpaired) electrons. The Bertz CT molecular complexity index is 478. The van der Waals surface area contributed by atoms with E-state index in [1.807, 2.05) is 7.05 Å². The standard InChI is InChI=1S/C19H32N4.HI/c1-17-10-9-15-23(16-17)19(20-2)21-13-7-8-14-22(3)18-11-5-4-6-12-18;/h4-6,11-12,17H,7-10,13-16H2,1-3H3,(H,20,21);1H. The van der Waals surface area contributed by atoms with E-state index in [0.717, 1.165) is 38.1 Å². The fraction of sp³-hybridized carbons (Fsp3) is 0.632. The molecule has 1 saturated heterocycles. The lowest BCUT2D eigenvalue weighted by Gasteiger charge is -2.33. The molecule has 5 heteroatoms. The zero-order valence-electron chi connectivity index (χ0n) is 15.4. The topological polar surface area (TPSA) is 30.9 Å². The number of benzene rings is 1. The van der Waals surface area contributed by atoms with Gasteiger partial charge in [0.15, 0.2) is 5.96 Å². The molecule has 2 rings (SSSR count). The second kappa shape index (κ2) is 11.6. The quantitative estimate of drug-likeness (QED) is 0.313. The van der Waals surface area contributed by atoms with Gasteiger partial charge in [-0.15, -0.1) is 24.0 Å². The number of nitrogens with one attached hydrogen (secondary N) is 1. The van der Waals surface area contributed by atoms with Crippen LogP contribution in [-0.4, -0.2) is 51.1 Å². The minimum absolute atomic E-state index is 0. The molecular formula is C19H33IN4. The fourth-order valence-corrected chi connectivity index (χ4v) is 3.20. The predicted octanol–water partition coefficient (Wildman–Crippen LogP) is 3.83. The van der Waals surface area contributed by atoms with Crippen LogP contribution in [0.4, 0.5) is 5.69 Å². The summed E-state index contributed by atoms with van der Waals surface area (Å²) in [6, 6.07) is 10.6. The molecule has 0 aliphatic carbocycles. The molecule has 1 aromatic carbocycles. The smallest absolute Gasteiger partial charge is 0.193 e. The Kier molecular flexibility index (Phi) is 10.1. The molecule has 1 atom stereocenters. The Morgan fingerprint density at radius 3 is 2.71 bits per heavy atom. The molecule has 0 bridgehead atoms. The Hall–Kier alpha value is -0.980. The van der Waals surface area contributed by atoms with E-state index in [4.69, 9.17) is 0 Å². The van der Waals surface area contributed by atoms with Crippen molar-refractivity contribution in [1.82, 2.24) is 10.2 Å². The summed E-state index contributed by atoms with van der Waals surface area (Å²) >= 11 is 0. The molecule has 1 aliphatic rings. The average molecular weight is 444 g/mol. The van der Waals surface area contributed by atoms with Gasteiger partial charge in [-0.1, -0.05) is 25.1 Å². The van der Waals surface area contributed by atoms with Gasteiger partial charge in [0.1, 0.15) is 0 Å². The maximum atomic E-state index is 4.45. The molecule has 4 nitrogen and oxygen atoms in total. The number of para-hydroxylation sites is 1. The Morgan fingerprint density at radius 2 is 2.04 bits per heavy atom. The van der Waals surface area contributed by atoms with Crippen LogP contribution in [0.1, 0.15) is 32.6 Å². The van der Waals surface area contributed by atoms with Gasteiger partial charge in [0, 0.05) is 46.0 Å². The van der Waals surface area contributed by atoms with Crippen molar-refractivity contribution in [1.29, 1.82) is 0 Å². The lowest BCUT2D eigenvalue weighted by Crippen LogP contribution is -2.46. The van der Waals surface area contributed by atoms with Crippen LogP contribution in [-0.2, 0) is 0 Å². The molecule has 1 heterocycles. The largest absolute Gasteiger partial charge is 0.375 e. The third kappa shape index (κ3) is 6.87. The molecule has 1 N–H and O–H groups in total. The number of unbranched alkanes of at least 4 members (excludes halogenated alkanes) is 1. The Morgan fingerprint density at radius 1 is 1.29 bits per heavy atom. The van der Waals surface area contributed by atoms with E-state index in [2.05, 4.69) is 64.4 Å². The van der Waals surface area contributed by atoms with E-state index in [9.17, 15) is 0 Å². The summed E-state index contributed by atoms with van der Waals surface area (Å²) < 4.78 is 0. The molecule has 0 saturated carbocycles. The van der Waals surface area contributed by atoms with Gasteiger partial charge in [0.05, 0.1) is 0 Å². The summed E-state index contributed by atoms with van der Waals surface area (Å²) in [5, 5.41) is 3.53. The van der Waals surface area contributed by atoms with Crippen LogP contribution in [0.25, 0.3) is 0 Å². The predicted molar refractivity (Wildman–Crippen MR) is 116 cm³/mol. The summed E-state index contributed by atoms with van der Waals surface area (Å²) in [5.41, 5.74) is 1.29. The molecule has 1 fully saturated rings. The second-order valence-corrected chi connectivity index (χ2v) is 6.63. The minimum Gasteiger partial charge on any atom is -0.375 e. The van der Waals surface area contributed by atoms with Gasteiger partial charge < -0.3 is 15.1 Å². The molecular weight excluding hydrogens is 411 g/mol. The summed E-state index contributed by atoms with van der Waals surface area (Å²) in [7, 11) is 4.06. The first-order valence-corrected chi connectivity index (χ1v) is 8.92. The van der Waals surface area contributed by atoms with Crippen molar-refractivity contribution < 1.29 is 0 Å². The van der Waals surface area contributed by atoms with Crippen molar-refractivity contribution in [3.05, 3.63) is 30.3 Å². The van der Waals surface area contributed by atoms with Crippen LogP contribution in [0, 0.1) is 5.92 Å². The maximum absolute atomic E-state index is 4.45. The molecule has 136 valence electrons. The first-order chi connectivity index (χ1) is 11.2. The van der Waals surface area contributed by atoms with Crippen molar-refractivity contribution in [2.45, 2.75) is 32.6 Å². The normalized spacial score (nSPS) is 18.0. The number of hydrogen-bond acceptors (Lipinski definition) is 2. The number of hydrogen-bond donors (Lipinski definition) is 1. The zero-order chi connectivity index (χ0) is 16.5. The number of anilines is 1. The van der Waals surface area contributed by atoms with Crippen LogP contribution < -0.4 is 10.2 Å². The highest BCUT2D eigenvalue weighted by atomic mass is 127. The third-order valence-electron chi connectivity index (χ3n) is 4.57. The van der Waals surface area contributed by atoms with E-state index in [-0.39, 0.29) is 24.0 Å². The van der Waals surface area contributed by atoms with Gasteiger partial charge in [-0.25, -0.2) is 0 Å². The highest BCUT2D eigenvalue weighted by molar-refractivity contribution is 14.0. The van der Waals surface area contributed by atoms with E-state index in [1.165, 1.54) is 31.4 Å². The van der Waals surface area contributed by atoms with Gasteiger partial charge in [0.25, 0.3) is 0 Å². The number of halogens is 1. The Labute approximate surface area is 164 Å².